The van der Waals surface area contributed by atoms with Gasteiger partial charge in [0.2, 0.25) is 0 Å². The van der Waals surface area contributed by atoms with Crippen molar-refractivity contribution in [2.24, 2.45) is 5.73 Å². The number of para-hydroxylation sites is 2. The fraction of sp³-hybridized carbons (Fsp3) is 0.250. The first kappa shape index (κ1) is 25.8. The molecule has 0 aromatic heterocycles. The van der Waals surface area contributed by atoms with E-state index in [1.807, 2.05) is 0 Å². The molecule has 182 valence electrons. The summed E-state index contributed by atoms with van der Waals surface area (Å²) in [5.74, 6) is 0.164. The Morgan fingerprint density at radius 1 is 0.941 bits per heavy atom. The van der Waals surface area contributed by atoms with Crippen LogP contribution >= 0.6 is 11.6 Å². The number of halogens is 2. The van der Waals surface area contributed by atoms with Crippen molar-refractivity contribution < 1.29 is 22.3 Å². The van der Waals surface area contributed by atoms with Crippen molar-refractivity contribution in [2.75, 3.05) is 49.1 Å². The van der Waals surface area contributed by atoms with Crippen LogP contribution < -0.4 is 20.1 Å². The SMILES string of the molecule is NCCOCCN(c1ccccc1NCCOc1ccc(Cl)cc1)S(=O)(=O)c1ccc(F)cc1. The van der Waals surface area contributed by atoms with Crippen LogP contribution in [0.4, 0.5) is 15.8 Å². The normalized spacial score (nSPS) is 11.3. The number of nitrogens with one attached hydrogen (secondary N) is 1. The smallest absolute Gasteiger partial charge is 0.264 e. The minimum atomic E-state index is -3.99. The molecular formula is C24H27ClFN3O4S. The molecule has 3 aromatic carbocycles. The molecule has 3 N–H and O–H groups in total. The van der Waals surface area contributed by atoms with E-state index < -0.39 is 15.8 Å². The molecule has 3 aromatic rings. The number of ether oxygens (including phenoxy) is 2. The lowest BCUT2D eigenvalue weighted by Crippen LogP contribution is -2.35. The largest absolute Gasteiger partial charge is 0.492 e. The molecule has 0 unspecified atom stereocenters. The van der Waals surface area contributed by atoms with Gasteiger partial charge in [-0.3, -0.25) is 4.31 Å². The van der Waals surface area contributed by atoms with E-state index in [0.717, 1.165) is 12.1 Å². The Bertz CT molecular complexity index is 1150. The van der Waals surface area contributed by atoms with E-state index in [2.05, 4.69) is 5.32 Å². The highest BCUT2D eigenvalue weighted by atomic mass is 35.5. The highest BCUT2D eigenvalue weighted by Crippen LogP contribution is 2.30. The minimum absolute atomic E-state index is 0.0198. The number of nitrogens with two attached hydrogens (primary N) is 1. The van der Waals surface area contributed by atoms with Crippen LogP contribution in [-0.2, 0) is 14.8 Å². The quantitative estimate of drug-likeness (QED) is 0.338. The number of anilines is 2. The Hall–Kier alpha value is -2.85. The topological polar surface area (TPSA) is 93.9 Å². The molecule has 0 spiro atoms. The van der Waals surface area contributed by atoms with Gasteiger partial charge < -0.3 is 20.5 Å². The molecule has 0 atom stereocenters. The number of sulfonamides is 1. The van der Waals surface area contributed by atoms with Crippen molar-refractivity contribution in [2.45, 2.75) is 4.90 Å². The number of nitrogens with zero attached hydrogens (tertiary/aromatic N) is 1. The average Bonchev–Trinajstić information content (AvgIpc) is 2.83. The highest BCUT2D eigenvalue weighted by molar-refractivity contribution is 7.92. The first-order valence-electron chi connectivity index (χ1n) is 10.7. The Morgan fingerprint density at radius 3 is 2.35 bits per heavy atom. The van der Waals surface area contributed by atoms with Gasteiger partial charge in [-0.1, -0.05) is 23.7 Å². The predicted octanol–water partition coefficient (Wildman–Crippen LogP) is 4.14. The lowest BCUT2D eigenvalue weighted by Gasteiger charge is -2.27. The second kappa shape index (κ2) is 12.6. The van der Waals surface area contributed by atoms with E-state index in [1.165, 1.54) is 16.4 Å². The van der Waals surface area contributed by atoms with Gasteiger partial charge in [-0.05, 0) is 60.7 Å². The lowest BCUT2D eigenvalue weighted by atomic mass is 10.2. The van der Waals surface area contributed by atoms with Gasteiger partial charge in [0.15, 0.2) is 0 Å². The number of rotatable bonds is 13. The molecule has 0 saturated carbocycles. The molecule has 0 bridgehead atoms. The van der Waals surface area contributed by atoms with Crippen LogP contribution in [0.1, 0.15) is 0 Å². The number of hydrogen-bond acceptors (Lipinski definition) is 6. The Labute approximate surface area is 204 Å². The van der Waals surface area contributed by atoms with E-state index in [0.29, 0.717) is 48.5 Å². The first-order valence-corrected chi connectivity index (χ1v) is 12.5. The molecule has 0 saturated heterocycles. The van der Waals surface area contributed by atoms with Crippen molar-refractivity contribution in [3.63, 3.8) is 0 Å². The summed E-state index contributed by atoms with van der Waals surface area (Å²) in [5, 5.41) is 3.85. The zero-order valence-electron chi connectivity index (χ0n) is 18.5. The first-order chi connectivity index (χ1) is 16.4. The van der Waals surface area contributed by atoms with Gasteiger partial charge in [-0.25, -0.2) is 12.8 Å². The molecule has 0 heterocycles. The molecule has 0 aliphatic heterocycles. The summed E-state index contributed by atoms with van der Waals surface area (Å²) in [5.41, 5.74) is 6.51. The van der Waals surface area contributed by atoms with Crippen molar-refractivity contribution in [1.82, 2.24) is 0 Å². The van der Waals surface area contributed by atoms with Gasteiger partial charge in [0.25, 0.3) is 10.0 Å². The summed E-state index contributed by atoms with van der Waals surface area (Å²) in [6, 6.07) is 18.8. The van der Waals surface area contributed by atoms with E-state index >= 15 is 0 Å². The molecule has 0 aliphatic carbocycles. The van der Waals surface area contributed by atoms with Crippen LogP contribution in [0.25, 0.3) is 0 Å². The van der Waals surface area contributed by atoms with Gasteiger partial charge in [0, 0.05) is 18.1 Å². The monoisotopic (exact) mass is 507 g/mol. The number of hydrogen-bond donors (Lipinski definition) is 2. The standard InChI is InChI=1S/C24H27ClFN3O4S/c25-19-5-9-21(10-6-19)33-17-14-28-23-3-1-2-4-24(23)29(15-18-32-16-13-27)34(30,31)22-11-7-20(26)8-12-22/h1-12,28H,13-18,27H2. The predicted molar refractivity (Wildman–Crippen MR) is 133 cm³/mol. The van der Waals surface area contributed by atoms with Crippen LogP contribution in [0, 0.1) is 5.82 Å². The molecule has 34 heavy (non-hydrogen) atoms. The summed E-state index contributed by atoms with van der Waals surface area (Å²) < 4.78 is 52.7. The Morgan fingerprint density at radius 2 is 1.65 bits per heavy atom. The second-order valence-corrected chi connectivity index (χ2v) is 9.48. The Balaban J connectivity index is 1.78. The average molecular weight is 508 g/mol. The molecule has 0 aliphatic rings. The maximum atomic E-state index is 13.5. The van der Waals surface area contributed by atoms with Crippen LogP contribution in [0.3, 0.4) is 0 Å². The highest BCUT2D eigenvalue weighted by Gasteiger charge is 2.26. The van der Waals surface area contributed by atoms with E-state index in [1.54, 1.807) is 48.5 Å². The maximum Gasteiger partial charge on any atom is 0.264 e. The lowest BCUT2D eigenvalue weighted by molar-refractivity contribution is 0.150. The molecule has 0 fully saturated rings. The third-order valence-electron chi connectivity index (χ3n) is 4.78. The van der Waals surface area contributed by atoms with Crippen LogP contribution in [0.15, 0.2) is 77.7 Å². The van der Waals surface area contributed by atoms with Crippen molar-refractivity contribution in [3.05, 3.63) is 83.6 Å². The summed E-state index contributed by atoms with van der Waals surface area (Å²) in [4.78, 5) is -0.0198. The fourth-order valence-electron chi connectivity index (χ4n) is 3.16. The zero-order valence-corrected chi connectivity index (χ0v) is 20.1. The van der Waals surface area contributed by atoms with Crippen LogP contribution in [0.2, 0.25) is 5.02 Å². The van der Waals surface area contributed by atoms with Gasteiger partial charge in [-0.2, -0.15) is 0 Å². The van der Waals surface area contributed by atoms with E-state index in [4.69, 9.17) is 26.8 Å². The zero-order chi connectivity index (χ0) is 24.4. The van der Waals surface area contributed by atoms with Crippen molar-refractivity contribution >= 4 is 33.0 Å². The van der Waals surface area contributed by atoms with E-state index in [9.17, 15) is 12.8 Å². The van der Waals surface area contributed by atoms with Crippen LogP contribution in [-0.4, -0.2) is 47.9 Å². The maximum absolute atomic E-state index is 13.5. The second-order valence-electron chi connectivity index (χ2n) is 7.18. The summed E-state index contributed by atoms with van der Waals surface area (Å²) in [6.07, 6.45) is 0. The molecule has 7 nitrogen and oxygen atoms in total. The van der Waals surface area contributed by atoms with Gasteiger partial charge in [0.05, 0.1) is 36.0 Å². The fourth-order valence-corrected chi connectivity index (χ4v) is 4.76. The van der Waals surface area contributed by atoms with Crippen LogP contribution in [0.5, 0.6) is 5.75 Å². The van der Waals surface area contributed by atoms with Gasteiger partial charge in [0.1, 0.15) is 18.2 Å². The van der Waals surface area contributed by atoms with Gasteiger partial charge in [-0.15, -0.1) is 0 Å². The molecule has 0 amide bonds. The minimum Gasteiger partial charge on any atom is -0.492 e. The third-order valence-corrected chi connectivity index (χ3v) is 6.85. The molecule has 0 radical (unpaired) electrons. The van der Waals surface area contributed by atoms with Crippen molar-refractivity contribution in [1.29, 1.82) is 0 Å². The summed E-state index contributed by atoms with van der Waals surface area (Å²) in [7, 11) is -3.99. The molecule has 3 rings (SSSR count). The number of benzene rings is 3. The van der Waals surface area contributed by atoms with Crippen molar-refractivity contribution in [3.8, 4) is 5.75 Å². The Kier molecular flexibility index (Phi) is 9.52. The molecule has 10 heteroatoms. The van der Waals surface area contributed by atoms with Gasteiger partial charge >= 0.3 is 0 Å². The third kappa shape index (κ3) is 7.07. The summed E-state index contributed by atoms with van der Waals surface area (Å²) >= 11 is 5.89. The van der Waals surface area contributed by atoms with E-state index in [-0.39, 0.29) is 18.0 Å². The summed E-state index contributed by atoms with van der Waals surface area (Å²) in [6.45, 7) is 1.61. The molecular weight excluding hydrogens is 481 g/mol.